The van der Waals surface area contributed by atoms with Crippen LogP contribution in [-0.2, 0) is 0 Å². The minimum absolute atomic E-state index is 0.171. The van der Waals surface area contributed by atoms with Crippen molar-refractivity contribution in [3.05, 3.63) is 35.1 Å². The standard InChI is InChI=1S/C10H8FNO/c11-10-4-3-8(7-13)6-9(10)2-1-5-12/h3-4,6-7H,5,12H2. The second-order valence-electron chi connectivity index (χ2n) is 2.36. The first kappa shape index (κ1) is 9.43. The maximum Gasteiger partial charge on any atom is 0.150 e. The lowest BCUT2D eigenvalue weighted by Gasteiger charge is -1.94. The van der Waals surface area contributed by atoms with Crippen molar-refractivity contribution in [2.45, 2.75) is 0 Å². The van der Waals surface area contributed by atoms with Crippen LogP contribution in [0, 0.1) is 17.7 Å². The topological polar surface area (TPSA) is 43.1 Å². The first-order chi connectivity index (χ1) is 6.27. The Bertz CT molecular complexity index is 376. The van der Waals surface area contributed by atoms with E-state index in [2.05, 4.69) is 11.8 Å². The van der Waals surface area contributed by atoms with Crippen LogP contribution in [0.4, 0.5) is 4.39 Å². The number of hydrogen-bond acceptors (Lipinski definition) is 2. The molecule has 1 rings (SSSR count). The Hall–Kier alpha value is -1.66. The van der Waals surface area contributed by atoms with E-state index in [0.29, 0.717) is 11.8 Å². The zero-order valence-electron chi connectivity index (χ0n) is 6.88. The highest BCUT2D eigenvalue weighted by Gasteiger charge is 1.99. The number of halogens is 1. The summed E-state index contributed by atoms with van der Waals surface area (Å²) in [5.41, 5.74) is 5.74. The Morgan fingerprint density at radius 3 is 2.92 bits per heavy atom. The van der Waals surface area contributed by atoms with Gasteiger partial charge < -0.3 is 5.73 Å². The van der Waals surface area contributed by atoms with Crippen molar-refractivity contribution in [1.29, 1.82) is 0 Å². The van der Waals surface area contributed by atoms with E-state index < -0.39 is 5.82 Å². The van der Waals surface area contributed by atoms with Crippen molar-refractivity contribution in [3.63, 3.8) is 0 Å². The summed E-state index contributed by atoms with van der Waals surface area (Å²) in [6.07, 6.45) is 0.646. The second kappa shape index (κ2) is 4.39. The van der Waals surface area contributed by atoms with Crippen molar-refractivity contribution in [3.8, 4) is 11.8 Å². The van der Waals surface area contributed by atoms with Crippen LogP contribution in [0.25, 0.3) is 0 Å². The molecule has 0 aromatic heterocycles. The van der Waals surface area contributed by atoms with Crippen molar-refractivity contribution in [2.24, 2.45) is 5.73 Å². The van der Waals surface area contributed by atoms with Crippen molar-refractivity contribution >= 4 is 6.29 Å². The van der Waals surface area contributed by atoms with Crippen LogP contribution in [0.5, 0.6) is 0 Å². The van der Waals surface area contributed by atoms with Crippen LogP contribution in [0.1, 0.15) is 15.9 Å². The molecule has 2 nitrogen and oxygen atoms in total. The molecule has 0 aliphatic rings. The molecule has 3 heteroatoms. The quantitative estimate of drug-likeness (QED) is 0.512. The van der Waals surface area contributed by atoms with Gasteiger partial charge in [0.1, 0.15) is 12.1 Å². The lowest BCUT2D eigenvalue weighted by molar-refractivity contribution is 0.112. The van der Waals surface area contributed by atoms with Crippen molar-refractivity contribution in [2.75, 3.05) is 6.54 Å². The van der Waals surface area contributed by atoms with E-state index in [4.69, 9.17) is 5.73 Å². The number of benzene rings is 1. The maximum absolute atomic E-state index is 13.0. The van der Waals surface area contributed by atoms with Gasteiger partial charge in [-0.25, -0.2) is 4.39 Å². The van der Waals surface area contributed by atoms with Gasteiger partial charge in [-0.2, -0.15) is 0 Å². The SMILES string of the molecule is NCC#Cc1cc(C=O)ccc1F. The minimum atomic E-state index is -0.438. The number of carbonyl (C=O) groups excluding carboxylic acids is 1. The lowest BCUT2D eigenvalue weighted by Crippen LogP contribution is -1.94. The van der Waals surface area contributed by atoms with E-state index in [-0.39, 0.29) is 12.1 Å². The van der Waals surface area contributed by atoms with Crippen LogP contribution < -0.4 is 5.73 Å². The number of rotatable bonds is 1. The fourth-order valence-electron chi connectivity index (χ4n) is 0.858. The molecule has 66 valence electrons. The smallest absolute Gasteiger partial charge is 0.150 e. The summed E-state index contributed by atoms with van der Waals surface area (Å²) < 4.78 is 13.0. The summed E-state index contributed by atoms with van der Waals surface area (Å²) in [7, 11) is 0. The van der Waals surface area contributed by atoms with Crippen LogP contribution in [0.2, 0.25) is 0 Å². The minimum Gasteiger partial charge on any atom is -0.320 e. The Kier molecular flexibility index (Phi) is 3.18. The summed E-state index contributed by atoms with van der Waals surface area (Å²) in [5.74, 6) is 4.62. The molecule has 0 radical (unpaired) electrons. The molecule has 0 heterocycles. The average molecular weight is 177 g/mol. The summed E-state index contributed by atoms with van der Waals surface area (Å²) in [5, 5.41) is 0. The highest BCUT2D eigenvalue weighted by molar-refractivity contribution is 5.75. The van der Waals surface area contributed by atoms with E-state index in [1.165, 1.54) is 18.2 Å². The molecule has 0 atom stereocenters. The normalized spacial score (nSPS) is 8.77. The van der Waals surface area contributed by atoms with Crippen LogP contribution >= 0.6 is 0 Å². The van der Waals surface area contributed by atoms with Gasteiger partial charge in [0.15, 0.2) is 0 Å². The van der Waals surface area contributed by atoms with Gasteiger partial charge >= 0.3 is 0 Å². The molecule has 1 aromatic rings. The van der Waals surface area contributed by atoms with Gasteiger partial charge in [0, 0.05) is 5.56 Å². The predicted molar refractivity (Wildman–Crippen MR) is 47.7 cm³/mol. The maximum atomic E-state index is 13.0. The average Bonchev–Trinajstić information content (AvgIpc) is 2.17. The van der Waals surface area contributed by atoms with Gasteiger partial charge in [-0.3, -0.25) is 4.79 Å². The molecule has 0 fully saturated rings. The summed E-state index contributed by atoms with van der Waals surface area (Å²) in [4.78, 5) is 10.3. The van der Waals surface area contributed by atoms with E-state index in [1.54, 1.807) is 0 Å². The predicted octanol–water partition coefficient (Wildman–Crippen LogP) is 0.948. The molecule has 1 aromatic carbocycles. The van der Waals surface area contributed by atoms with Crippen molar-refractivity contribution in [1.82, 2.24) is 0 Å². The number of aldehydes is 1. The highest BCUT2D eigenvalue weighted by Crippen LogP contribution is 2.07. The largest absolute Gasteiger partial charge is 0.320 e. The summed E-state index contributed by atoms with van der Waals surface area (Å²) >= 11 is 0. The van der Waals surface area contributed by atoms with Gasteiger partial charge in [0.25, 0.3) is 0 Å². The molecule has 0 amide bonds. The highest BCUT2D eigenvalue weighted by atomic mass is 19.1. The van der Waals surface area contributed by atoms with Crippen LogP contribution in [-0.4, -0.2) is 12.8 Å². The molecule has 0 saturated heterocycles. The van der Waals surface area contributed by atoms with Crippen molar-refractivity contribution < 1.29 is 9.18 Å². The third-order valence-corrected chi connectivity index (χ3v) is 1.45. The molecule has 2 N–H and O–H groups in total. The molecule has 0 bridgehead atoms. The van der Waals surface area contributed by atoms with E-state index in [1.807, 2.05) is 0 Å². The molecule has 0 aliphatic heterocycles. The molecule has 0 spiro atoms. The second-order valence-corrected chi connectivity index (χ2v) is 2.36. The van der Waals surface area contributed by atoms with E-state index in [0.717, 1.165) is 0 Å². The molecule has 0 aliphatic carbocycles. The van der Waals surface area contributed by atoms with Crippen LogP contribution in [0.15, 0.2) is 18.2 Å². The third kappa shape index (κ3) is 2.39. The molecular weight excluding hydrogens is 169 g/mol. The zero-order valence-corrected chi connectivity index (χ0v) is 6.88. The fourth-order valence-corrected chi connectivity index (χ4v) is 0.858. The van der Waals surface area contributed by atoms with E-state index >= 15 is 0 Å². The van der Waals surface area contributed by atoms with Crippen LogP contribution in [0.3, 0.4) is 0 Å². The summed E-state index contributed by atoms with van der Waals surface area (Å²) in [6, 6.07) is 4.01. The molecule has 0 unspecified atom stereocenters. The van der Waals surface area contributed by atoms with Gasteiger partial charge in [-0.1, -0.05) is 11.8 Å². The summed E-state index contributed by atoms with van der Waals surface area (Å²) in [6.45, 7) is 0.171. The monoisotopic (exact) mass is 177 g/mol. The number of carbonyl (C=O) groups is 1. The molecule has 0 saturated carbocycles. The van der Waals surface area contributed by atoms with Gasteiger partial charge in [-0.15, -0.1) is 0 Å². The Labute approximate surface area is 75.6 Å². The molecular formula is C10H8FNO. The Morgan fingerprint density at radius 2 is 2.31 bits per heavy atom. The fraction of sp³-hybridized carbons (Fsp3) is 0.100. The first-order valence-corrected chi connectivity index (χ1v) is 3.71. The van der Waals surface area contributed by atoms with Gasteiger partial charge in [0.2, 0.25) is 0 Å². The number of hydrogen-bond donors (Lipinski definition) is 1. The third-order valence-electron chi connectivity index (χ3n) is 1.45. The van der Waals surface area contributed by atoms with E-state index in [9.17, 15) is 9.18 Å². The number of nitrogens with two attached hydrogens (primary N) is 1. The zero-order chi connectivity index (χ0) is 9.68. The Balaban J connectivity index is 3.11. The van der Waals surface area contributed by atoms with Gasteiger partial charge in [-0.05, 0) is 18.2 Å². The van der Waals surface area contributed by atoms with Gasteiger partial charge in [0.05, 0.1) is 12.1 Å². The molecule has 13 heavy (non-hydrogen) atoms. The lowest BCUT2D eigenvalue weighted by atomic mass is 10.1. The Morgan fingerprint density at radius 1 is 1.54 bits per heavy atom. The first-order valence-electron chi connectivity index (χ1n) is 3.71.